The van der Waals surface area contributed by atoms with Crippen LogP contribution in [0.1, 0.15) is 69.5 Å². The minimum Gasteiger partial charge on any atom is -0.508 e. The van der Waals surface area contributed by atoms with Crippen LogP contribution in [-0.2, 0) is 9.84 Å². The molecule has 5 nitrogen and oxygen atoms in total. The third-order valence-electron chi connectivity index (χ3n) is 6.32. The summed E-state index contributed by atoms with van der Waals surface area (Å²) in [7, 11) is 0.453. The van der Waals surface area contributed by atoms with E-state index >= 15 is 0 Å². The highest BCUT2D eigenvalue weighted by atomic mass is 32.2. The van der Waals surface area contributed by atoms with Gasteiger partial charge in [0.2, 0.25) is 0 Å². The number of nitrogens with one attached hydrogen (secondary N) is 1. The molecule has 1 unspecified atom stereocenters. The van der Waals surface area contributed by atoms with Gasteiger partial charge in [-0.15, -0.1) is 0 Å². The maximum Gasteiger partial charge on any atom is 0.180 e. The summed E-state index contributed by atoms with van der Waals surface area (Å²) in [6.45, 7) is 4.29. The first-order valence-electron chi connectivity index (χ1n) is 11.3. The molecule has 170 valence electrons. The molecule has 0 aromatic heterocycles. The predicted octanol–water partition coefficient (Wildman–Crippen LogP) is 5.04. The summed E-state index contributed by atoms with van der Waals surface area (Å²) in [5.41, 5.74) is 2.23. The van der Waals surface area contributed by atoms with E-state index in [1.54, 1.807) is 18.2 Å². The van der Waals surface area contributed by atoms with E-state index < -0.39 is 15.4 Å². The van der Waals surface area contributed by atoms with Gasteiger partial charge in [0.05, 0.1) is 16.7 Å². The molecule has 1 atom stereocenters. The van der Waals surface area contributed by atoms with Crippen LogP contribution in [0.4, 0.5) is 5.69 Å². The molecule has 0 bridgehead atoms. The maximum absolute atomic E-state index is 13.7. The topological polar surface area (TPSA) is 69.6 Å². The van der Waals surface area contributed by atoms with E-state index in [0.29, 0.717) is 4.90 Å². The molecule has 0 amide bonds. The van der Waals surface area contributed by atoms with Crippen molar-refractivity contribution in [1.29, 1.82) is 0 Å². The molecule has 1 aliphatic rings. The second-order valence-corrected chi connectivity index (χ2v) is 11.0. The van der Waals surface area contributed by atoms with E-state index in [1.807, 2.05) is 43.3 Å². The first-order valence-corrected chi connectivity index (χ1v) is 13.0. The quantitative estimate of drug-likeness (QED) is 0.597. The molecule has 2 aromatic rings. The van der Waals surface area contributed by atoms with E-state index in [2.05, 4.69) is 19.2 Å². The molecule has 31 heavy (non-hydrogen) atoms. The standard InChI is InChI=1S/C25H36N2O3S/c1-5-7-15-25(16-8-6-2)18-31(29,30)23-14-11-20(27(3)4)17-22(23)24(26-25)19-9-12-21(28)13-10-19/h9-14,17,24,26,28H,5-8,15-16,18H2,1-4H3. The summed E-state index contributed by atoms with van der Waals surface area (Å²) >= 11 is 0. The van der Waals surface area contributed by atoms with Crippen molar-refractivity contribution in [2.75, 3.05) is 24.7 Å². The van der Waals surface area contributed by atoms with E-state index in [-0.39, 0.29) is 17.5 Å². The smallest absolute Gasteiger partial charge is 0.180 e. The molecule has 2 aromatic carbocycles. The Morgan fingerprint density at radius 3 is 2.19 bits per heavy atom. The number of fused-ring (bicyclic) bond motifs is 1. The third-order valence-corrected chi connectivity index (χ3v) is 8.29. The molecule has 6 heteroatoms. The number of aromatic hydroxyl groups is 1. The highest BCUT2D eigenvalue weighted by Crippen LogP contribution is 2.40. The molecule has 1 aliphatic heterocycles. The number of phenols is 1. The number of sulfone groups is 1. The van der Waals surface area contributed by atoms with Gasteiger partial charge in [0.15, 0.2) is 9.84 Å². The molecule has 0 aliphatic carbocycles. The molecule has 0 spiro atoms. The van der Waals surface area contributed by atoms with Gasteiger partial charge < -0.3 is 10.0 Å². The van der Waals surface area contributed by atoms with Crippen molar-refractivity contribution in [3.05, 3.63) is 53.6 Å². The Morgan fingerprint density at radius 2 is 1.65 bits per heavy atom. The number of phenolic OH excluding ortho intramolecular Hbond substituents is 1. The van der Waals surface area contributed by atoms with E-state index in [0.717, 1.165) is 55.3 Å². The van der Waals surface area contributed by atoms with Crippen molar-refractivity contribution in [1.82, 2.24) is 5.32 Å². The lowest BCUT2D eigenvalue weighted by molar-refractivity contribution is 0.278. The Kier molecular flexibility index (Phi) is 7.32. The van der Waals surface area contributed by atoms with Crippen molar-refractivity contribution in [3.8, 4) is 5.75 Å². The maximum atomic E-state index is 13.7. The molecule has 0 saturated carbocycles. The van der Waals surface area contributed by atoms with Gasteiger partial charge in [-0.05, 0) is 54.3 Å². The van der Waals surface area contributed by atoms with Crippen molar-refractivity contribution in [2.24, 2.45) is 0 Å². The van der Waals surface area contributed by atoms with Gasteiger partial charge in [-0.25, -0.2) is 8.42 Å². The van der Waals surface area contributed by atoms with Gasteiger partial charge in [0.1, 0.15) is 5.75 Å². The Labute approximate surface area is 187 Å². The third kappa shape index (κ3) is 5.24. The first-order chi connectivity index (χ1) is 14.7. The molecule has 2 N–H and O–H groups in total. The zero-order chi connectivity index (χ0) is 22.6. The van der Waals surface area contributed by atoms with Crippen LogP contribution in [0, 0.1) is 0 Å². The summed E-state index contributed by atoms with van der Waals surface area (Å²) in [4.78, 5) is 2.41. The van der Waals surface area contributed by atoms with Crippen molar-refractivity contribution >= 4 is 15.5 Å². The Hall–Kier alpha value is -2.05. The zero-order valence-corrected chi connectivity index (χ0v) is 20.0. The van der Waals surface area contributed by atoms with Gasteiger partial charge in [0.25, 0.3) is 0 Å². The molecular weight excluding hydrogens is 408 g/mol. The molecule has 0 saturated heterocycles. The second-order valence-electron chi connectivity index (χ2n) is 9.03. The highest BCUT2D eigenvalue weighted by molar-refractivity contribution is 7.91. The molecular formula is C25H36N2O3S. The Bertz CT molecular complexity index is 976. The number of hydrogen-bond donors (Lipinski definition) is 2. The lowest BCUT2D eigenvalue weighted by Crippen LogP contribution is -2.50. The molecule has 1 heterocycles. The van der Waals surface area contributed by atoms with Crippen LogP contribution in [0.15, 0.2) is 47.4 Å². The largest absolute Gasteiger partial charge is 0.508 e. The Balaban J connectivity index is 2.22. The summed E-state index contributed by atoms with van der Waals surface area (Å²) in [5.74, 6) is 0.318. The number of anilines is 1. The lowest BCUT2D eigenvalue weighted by atomic mass is 9.86. The van der Waals surface area contributed by atoms with Gasteiger partial charge in [-0.2, -0.15) is 0 Å². The summed E-state index contributed by atoms with van der Waals surface area (Å²) in [5, 5.41) is 13.7. The lowest BCUT2D eigenvalue weighted by Gasteiger charge is -2.37. The molecule has 0 radical (unpaired) electrons. The van der Waals surface area contributed by atoms with Crippen LogP contribution >= 0.6 is 0 Å². The average molecular weight is 445 g/mol. The van der Waals surface area contributed by atoms with Crippen LogP contribution in [0.3, 0.4) is 0 Å². The van der Waals surface area contributed by atoms with E-state index in [9.17, 15) is 13.5 Å². The number of hydrogen-bond acceptors (Lipinski definition) is 5. The van der Waals surface area contributed by atoms with E-state index in [4.69, 9.17) is 0 Å². The van der Waals surface area contributed by atoms with Gasteiger partial charge in [-0.1, -0.05) is 51.7 Å². The average Bonchev–Trinajstić information content (AvgIpc) is 2.83. The Morgan fingerprint density at radius 1 is 1.03 bits per heavy atom. The summed E-state index contributed by atoms with van der Waals surface area (Å²) < 4.78 is 27.3. The van der Waals surface area contributed by atoms with Crippen LogP contribution in [-0.4, -0.2) is 38.9 Å². The van der Waals surface area contributed by atoms with Gasteiger partial charge in [-0.3, -0.25) is 5.32 Å². The first kappa shape index (κ1) is 23.6. The second kappa shape index (κ2) is 9.61. The molecule has 0 fully saturated rings. The van der Waals surface area contributed by atoms with Crippen molar-refractivity contribution < 1.29 is 13.5 Å². The van der Waals surface area contributed by atoms with Gasteiger partial charge in [0, 0.05) is 25.3 Å². The minimum absolute atomic E-state index is 0.114. The van der Waals surface area contributed by atoms with Crippen molar-refractivity contribution in [3.63, 3.8) is 0 Å². The summed E-state index contributed by atoms with van der Waals surface area (Å²) in [6.07, 6.45) is 5.66. The fraction of sp³-hybridized carbons (Fsp3) is 0.520. The minimum atomic E-state index is -3.47. The summed E-state index contributed by atoms with van der Waals surface area (Å²) in [6, 6.07) is 12.5. The highest BCUT2D eigenvalue weighted by Gasteiger charge is 2.42. The van der Waals surface area contributed by atoms with Crippen molar-refractivity contribution in [2.45, 2.75) is 68.8 Å². The predicted molar refractivity (Wildman–Crippen MR) is 128 cm³/mol. The van der Waals surface area contributed by atoms with E-state index in [1.165, 1.54) is 0 Å². The van der Waals surface area contributed by atoms with Crippen LogP contribution in [0.5, 0.6) is 5.75 Å². The normalized spacial score (nSPS) is 19.4. The van der Waals surface area contributed by atoms with Crippen LogP contribution in [0.25, 0.3) is 0 Å². The number of unbranched alkanes of at least 4 members (excludes halogenated alkanes) is 2. The van der Waals surface area contributed by atoms with Crippen LogP contribution in [0.2, 0.25) is 0 Å². The SMILES string of the molecule is CCCCC1(CCCC)CS(=O)(=O)c2ccc(N(C)C)cc2C(c2ccc(O)cc2)N1. The number of nitrogens with zero attached hydrogens (tertiary/aromatic N) is 1. The van der Waals surface area contributed by atoms with Crippen LogP contribution < -0.4 is 10.2 Å². The number of benzene rings is 2. The number of rotatable bonds is 8. The fourth-order valence-corrected chi connectivity index (χ4v) is 6.63. The van der Waals surface area contributed by atoms with Gasteiger partial charge >= 0.3 is 0 Å². The monoisotopic (exact) mass is 444 g/mol. The zero-order valence-electron chi connectivity index (χ0n) is 19.2. The fourth-order valence-electron chi connectivity index (χ4n) is 4.56. The molecule has 3 rings (SSSR count).